The van der Waals surface area contributed by atoms with Gasteiger partial charge >= 0.3 is 0 Å². The molecule has 108 valence electrons. The highest BCUT2D eigenvalue weighted by atomic mass is 79.9. The van der Waals surface area contributed by atoms with Gasteiger partial charge in [-0.15, -0.1) is 10.2 Å². The molecule has 0 saturated carbocycles. The van der Waals surface area contributed by atoms with Crippen LogP contribution in [0, 0.1) is 6.92 Å². The quantitative estimate of drug-likeness (QED) is 0.875. The Morgan fingerprint density at radius 2 is 2.05 bits per heavy atom. The molecule has 1 aromatic carbocycles. The maximum Gasteiger partial charge on any atom is 0.253 e. The molecule has 0 fully saturated rings. The summed E-state index contributed by atoms with van der Waals surface area (Å²) in [6.07, 6.45) is 1.49. The van der Waals surface area contributed by atoms with Crippen LogP contribution in [-0.4, -0.2) is 16.7 Å². The monoisotopic (exact) mass is 339 g/mol. The predicted molar refractivity (Wildman–Crippen MR) is 79.6 cm³/mol. The average Bonchev–Trinajstić information content (AvgIpc) is 2.86. The summed E-state index contributed by atoms with van der Waals surface area (Å²) in [6.45, 7) is 4.82. The average molecular weight is 340 g/mol. The summed E-state index contributed by atoms with van der Waals surface area (Å²) in [7, 11) is 0. The lowest BCUT2D eigenvalue weighted by molar-refractivity contribution is 0.255. The van der Waals surface area contributed by atoms with Crippen LogP contribution >= 0.6 is 15.9 Å². The third-order valence-corrected chi connectivity index (χ3v) is 3.34. The molecular formula is C14H18BrN3O2. The number of ether oxygens (including phenoxy) is 1. The number of halogens is 1. The van der Waals surface area contributed by atoms with Crippen molar-refractivity contribution in [1.29, 1.82) is 0 Å². The highest BCUT2D eigenvalue weighted by molar-refractivity contribution is 9.10. The molecule has 6 heteroatoms. The Hall–Kier alpha value is -1.40. The minimum Gasteiger partial charge on any atom is -0.483 e. The van der Waals surface area contributed by atoms with E-state index in [1.165, 1.54) is 0 Å². The summed E-state index contributed by atoms with van der Waals surface area (Å²) in [5.41, 5.74) is 7.78. The number of hydrogen-bond donors (Lipinski definition) is 1. The van der Waals surface area contributed by atoms with Gasteiger partial charge in [0.25, 0.3) is 5.89 Å². The molecule has 2 aromatic rings. The zero-order valence-electron chi connectivity index (χ0n) is 11.6. The highest BCUT2D eigenvalue weighted by Gasteiger charge is 2.11. The fraction of sp³-hybridized carbons (Fsp3) is 0.429. The van der Waals surface area contributed by atoms with Gasteiger partial charge in [-0.1, -0.05) is 22.9 Å². The van der Waals surface area contributed by atoms with Gasteiger partial charge in [0.05, 0.1) is 0 Å². The number of rotatable bonds is 6. The topological polar surface area (TPSA) is 74.2 Å². The summed E-state index contributed by atoms with van der Waals surface area (Å²) < 4.78 is 12.3. The number of benzene rings is 1. The van der Waals surface area contributed by atoms with E-state index in [4.69, 9.17) is 14.9 Å². The van der Waals surface area contributed by atoms with Crippen molar-refractivity contribution in [2.24, 2.45) is 5.73 Å². The van der Waals surface area contributed by atoms with Gasteiger partial charge in [-0.25, -0.2) is 0 Å². The fourth-order valence-electron chi connectivity index (χ4n) is 1.97. The molecule has 2 rings (SSSR count). The Morgan fingerprint density at radius 3 is 2.70 bits per heavy atom. The van der Waals surface area contributed by atoms with E-state index in [2.05, 4.69) is 26.1 Å². The Bertz CT molecular complexity index is 584. The zero-order chi connectivity index (χ0) is 14.5. The Balaban J connectivity index is 2.15. The van der Waals surface area contributed by atoms with Gasteiger partial charge in [0.1, 0.15) is 5.75 Å². The van der Waals surface area contributed by atoms with Crippen molar-refractivity contribution in [3.05, 3.63) is 39.5 Å². The normalized spacial score (nSPS) is 10.8. The maximum atomic E-state index is 5.85. The Labute approximate surface area is 126 Å². The first-order valence-corrected chi connectivity index (χ1v) is 7.36. The van der Waals surface area contributed by atoms with E-state index in [1.54, 1.807) is 0 Å². The lowest BCUT2D eigenvalue weighted by atomic mass is 10.1. The van der Waals surface area contributed by atoms with Gasteiger partial charge in [-0.05, 0) is 43.1 Å². The van der Waals surface area contributed by atoms with Crippen LogP contribution in [0.2, 0.25) is 0 Å². The second-order valence-electron chi connectivity index (χ2n) is 4.48. The van der Waals surface area contributed by atoms with Crippen molar-refractivity contribution in [2.45, 2.75) is 33.3 Å². The Kier molecular flexibility index (Phi) is 5.14. The SMILES string of the molecule is CCc1nnc(COc2c(C)cc(Br)cc2CCN)o1. The van der Waals surface area contributed by atoms with Gasteiger partial charge in [0.2, 0.25) is 5.89 Å². The van der Waals surface area contributed by atoms with E-state index in [0.717, 1.165) is 34.2 Å². The van der Waals surface area contributed by atoms with Gasteiger partial charge in [0.15, 0.2) is 6.61 Å². The number of nitrogens with zero attached hydrogens (tertiary/aromatic N) is 2. The van der Waals surface area contributed by atoms with Crippen LogP contribution < -0.4 is 10.5 Å². The number of hydrogen-bond acceptors (Lipinski definition) is 5. The molecule has 0 radical (unpaired) electrons. The molecule has 1 heterocycles. The molecule has 0 bridgehead atoms. The molecule has 20 heavy (non-hydrogen) atoms. The summed E-state index contributed by atoms with van der Waals surface area (Å²) in [6, 6.07) is 4.04. The predicted octanol–water partition coefficient (Wildman–Crippen LogP) is 2.78. The van der Waals surface area contributed by atoms with Crippen molar-refractivity contribution in [2.75, 3.05) is 6.54 Å². The van der Waals surface area contributed by atoms with Crippen LogP contribution in [0.15, 0.2) is 21.0 Å². The first-order chi connectivity index (χ1) is 9.63. The third kappa shape index (κ3) is 3.58. The van der Waals surface area contributed by atoms with Crippen LogP contribution in [0.5, 0.6) is 5.75 Å². The Morgan fingerprint density at radius 1 is 1.30 bits per heavy atom. The lowest BCUT2D eigenvalue weighted by Gasteiger charge is -2.13. The molecular weight excluding hydrogens is 322 g/mol. The summed E-state index contributed by atoms with van der Waals surface area (Å²) >= 11 is 3.49. The van der Waals surface area contributed by atoms with Gasteiger partial charge in [-0.3, -0.25) is 0 Å². The van der Waals surface area contributed by atoms with Gasteiger partial charge < -0.3 is 14.9 Å². The summed E-state index contributed by atoms with van der Waals surface area (Å²) in [5.74, 6) is 1.95. The molecule has 0 spiro atoms. The van der Waals surface area contributed by atoms with Crippen molar-refractivity contribution in [3.8, 4) is 5.75 Å². The van der Waals surface area contributed by atoms with Crippen molar-refractivity contribution < 1.29 is 9.15 Å². The fourth-order valence-corrected chi connectivity index (χ4v) is 2.59. The molecule has 0 aliphatic carbocycles. The molecule has 0 amide bonds. The molecule has 0 unspecified atom stereocenters. The summed E-state index contributed by atoms with van der Waals surface area (Å²) in [5, 5.41) is 7.87. The second-order valence-corrected chi connectivity index (χ2v) is 5.40. The van der Waals surface area contributed by atoms with Crippen molar-refractivity contribution in [3.63, 3.8) is 0 Å². The molecule has 0 aliphatic rings. The van der Waals surface area contributed by atoms with Crippen molar-refractivity contribution in [1.82, 2.24) is 10.2 Å². The maximum absolute atomic E-state index is 5.85. The van der Waals surface area contributed by atoms with Crippen LogP contribution in [0.3, 0.4) is 0 Å². The number of aromatic nitrogens is 2. The van der Waals surface area contributed by atoms with E-state index >= 15 is 0 Å². The molecule has 2 N–H and O–H groups in total. The third-order valence-electron chi connectivity index (χ3n) is 2.88. The standard InChI is InChI=1S/C14H18BrN3O2/c1-3-12-17-18-13(20-12)8-19-14-9(2)6-11(15)7-10(14)4-5-16/h6-7H,3-5,8,16H2,1-2H3. The van der Waals surface area contributed by atoms with E-state index in [-0.39, 0.29) is 6.61 Å². The number of aryl methyl sites for hydroxylation is 2. The molecule has 5 nitrogen and oxygen atoms in total. The minimum absolute atomic E-state index is 0.271. The first-order valence-electron chi connectivity index (χ1n) is 6.57. The van der Waals surface area contributed by atoms with Gasteiger partial charge in [0, 0.05) is 10.9 Å². The zero-order valence-corrected chi connectivity index (χ0v) is 13.2. The van der Waals surface area contributed by atoms with Crippen LogP contribution in [-0.2, 0) is 19.4 Å². The smallest absolute Gasteiger partial charge is 0.253 e. The summed E-state index contributed by atoms with van der Waals surface area (Å²) in [4.78, 5) is 0. The van der Waals surface area contributed by atoms with Crippen molar-refractivity contribution >= 4 is 15.9 Å². The number of nitrogens with two attached hydrogens (primary N) is 1. The van der Waals surface area contributed by atoms with Crippen LogP contribution in [0.1, 0.15) is 29.8 Å². The van der Waals surface area contributed by atoms with Gasteiger partial charge in [-0.2, -0.15) is 0 Å². The highest BCUT2D eigenvalue weighted by Crippen LogP contribution is 2.29. The lowest BCUT2D eigenvalue weighted by Crippen LogP contribution is -2.07. The van der Waals surface area contributed by atoms with E-state index in [1.807, 2.05) is 26.0 Å². The minimum atomic E-state index is 0.271. The first kappa shape index (κ1) is 15.0. The van der Waals surface area contributed by atoms with Crippen LogP contribution in [0.4, 0.5) is 0 Å². The molecule has 1 aromatic heterocycles. The van der Waals surface area contributed by atoms with Crippen LogP contribution in [0.25, 0.3) is 0 Å². The van der Waals surface area contributed by atoms with E-state index < -0.39 is 0 Å². The largest absolute Gasteiger partial charge is 0.483 e. The molecule has 0 aliphatic heterocycles. The van der Waals surface area contributed by atoms with E-state index in [9.17, 15) is 0 Å². The molecule has 0 atom stereocenters. The van der Waals surface area contributed by atoms with E-state index in [0.29, 0.717) is 18.3 Å². The second kappa shape index (κ2) is 6.85. The molecule has 0 saturated heterocycles.